The van der Waals surface area contributed by atoms with Crippen LogP contribution >= 0.6 is 0 Å². The maximum Gasteiger partial charge on any atom is 0.344 e. The lowest BCUT2D eigenvalue weighted by Crippen LogP contribution is -2.81. The number of primary amides is 1. The summed E-state index contributed by atoms with van der Waals surface area (Å²) in [6, 6.07) is 10.3. The Kier molecular flexibility index (Phi) is 10.0. The first-order valence-corrected chi connectivity index (χ1v) is 22.0. The second-order valence-corrected chi connectivity index (χ2v) is 18.7. The van der Waals surface area contributed by atoms with Crippen LogP contribution in [-0.4, -0.2) is 134 Å². The molecule has 0 radical (unpaired) electrons. The molecule has 2 amide bonds. The third-order valence-corrected chi connectivity index (χ3v) is 16.0. The average molecular weight is 853 g/mol. The van der Waals surface area contributed by atoms with Gasteiger partial charge in [0, 0.05) is 90.9 Å². The number of anilines is 1. The largest absolute Gasteiger partial charge is 0.496 e. The maximum atomic E-state index is 15.5. The molecule has 15 heteroatoms. The summed E-state index contributed by atoms with van der Waals surface area (Å²) in [7, 11) is 6.11. The van der Waals surface area contributed by atoms with Gasteiger partial charge in [-0.2, -0.15) is 0 Å². The van der Waals surface area contributed by atoms with E-state index in [0.29, 0.717) is 82.6 Å². The molecule has 9 rings (SSSR count). The summed E-state index contributed by atoms with van der Waals surface area (Å²) in [5, 5.41) is 17.5. The van der Waals surface area contributed by atoms with Crippen LogP contribution in [0, 0.1) is 11.3 Å². The minimum atomic E-state index is -2.32. The molecule has 6 heterocycles. The summed E-state index contributed by atoms with van der Waals surface area (Å²) in [4.78, 5) is 66.0. The van der Waals surface area contributed by atoms with Gasteiger partial charge in [0.2, 0.25) is 5.60 Å². The number of nitrogens with two attached hydrogens (primary N) is 1. The van der Waals surface area contributed by atoms with Gasteiger partial charge in [0.05, 0.1) is 32.9 Å². The van der Waals surface area contributed by atoms with E-state index in [1.807, 2.05) is 55.3 Å². The molecule has 1 aliphatic carbocycles. The number of urea groups is 1. The Morgan fingerprint density at radius 3 is 2.42 bits per heavy atom. The molecule has 2 bridgehead atoms. The Hall–Kier alpha value is -5.12. The van der Waals surface area contributed by atoms with Crippen molar-refractivity contribution in [1.82, 2.24) is 20.1 Å². The Balaban J connectivity index is 1.35. The molecular formula is C47H60N6O9. The van der Waals surface area contributed by atoms with Gasteiger partial charge in [-0.1, -0.05) is 44.2 Å². The first-order valence-electron chi connectivity index (χ1n) is 22.0. The van der Waals surface area contributed by atoms with Crippen molar-refractivity contribution in [1.29, 1.82) is 0 Å². The van der Waals surface area contributed by atoms with Crippen molar-refractivity contribution in [2.24, 2.45) is 17.1 Å². The summed E-state index contributed by atoms with van der Waals surface area (Å²) in [5.74, 6) is -1.66. The monoisotopic (exact) mass is 852 g/mol. The predicted octanol–water partition coefficient (Wildman–Crippen LogP) is 3.67. The Bertz CT molecular complexity index is 2380. The quantitative estimate of drug-likeness (QED) is 0.147. The van der Waals surface area contributed by atoms with Crippen LogP contribution in [-0.2, 0) is 45.8 Å². The molecule has 15 nitrogen and oxygen atoms in total. The van der Waals surface area contributed by atoms with E-state index >= 15 is 4.79 Å². The zero-order chi connectivity index (χ0) is 44.1. The van der Waals surface area contributed by atoms with E-state index in [-0.39, 0.29) is 12.0 Å². The fourth-order valence-electron chi connectivity index (χ4n) is 14.0. The molecule has 1 spiro atoms. The van der Waals surface area contributed by atoms with Crippen molar-refractivity contribution in [3.8, 4) is 5.75 Å². The van der Waals surface area contributed by atoms with Crippen LogP contribution in [0.5, 0.6) is 5.75 Å². The fraction of sp³-hybridized carbons (Fsp3) is 0.574. The smallest absolute Gasteiger partial charge is 0.344 e. The summed E-state index contributed by atoms with van der Waals surface area (Å²) in [5.41, 5.74) is 4.28. The number of carbonyl (C=O) groups is 4. The molecule has 332 valence electrons. The van der Waals surface area contributed by atoms with E-state index in [1.165, 1.54) is 21.1 Å². The zero-order valence-corrected chi connectivity index (χ0v) is 36.8. The summed E-state index contributed by atoms with van der Waals surface area (Å²) < 4.78 is 24.0. The number of para-hydroxylation sites is 1. The molecule has 3 aromatic rings. The van der Waals surface area contributed by atoms with Gasteiger partial charge in [0.1, 0.15) is 11.2 Å². The van der Waals surface area contributed by atoms with Gasteiger partial charge in [0.15, 0.2) is 6.10 Å². The minimum Gasteiger partial charge on any atom is -0.496 e. The van der Waals surface area contributed by atoms with E-state index in [1.54, 1.807) is 7.11 Å². The third-order valence-electron chi connectivity index (χ3n) is 16.0. The molecule has 5 N–H and O–H groups in total. The molecule has 5 aliphatic heterocycles. The first kappa shape index (κ1) is 42.2. The van der Waals surface area contributed by atoms with E-state index in [9.17, 15) is 19.5 Å². The molecule has 10 atom stereocenters. The number of esters is 3. The maximum absolute atomic E-state index is 15.5. The number of nitrogens with one attached hydrogen (secondary N) is 2. The van der Waals surface area contributed by atoms with E-state index in [2.05, 4.69) is 39.2 Å². The molecule has 3 fully saturated rings. The van der Waals surface area contributed by atoms with Crippen LogP contribution in [0.3, 0.4) is 0 Å². The van der Waals surface area contributed by atoms with Crippen LogP contribution < -0.4 is 20.7 Å². The highest BCUT2D eigenvalue weighted by atomic mass is 16.6. The normalized spacial score (nSPS) is 35.6. The lowest BCUT2D eigenvalue weighted by molar-refractivity contribution is -0.228. The van der Waals surface area contributed by atoms with Gasteiger partial charge in [-0.15, -0.1) is 0 Å². The van der Waals surface area contributed by atoms with E-state index in [0.717, 1.165) is 33.4 Å². The molecule has 62 heavy (non-hydrogen) atoms. The number of aromatic amines is 1. The number of likely N-dealkylation sites (N-methyl/N-ethyl adjacent to an activating group) is 1. The molecule has 2 saturated heterocycles. The highest BCUT2D eigenvalue weighted by Gasteiger charge is 2.80. The molecule has 1 unspecified atom stereocenters. The van der Waals surface area contributed by atoms with Gasteiger partial charge < -0.3 is 49.9 Å². The molecule has 1 saturated carbocycles. The number of aliphatic hydroxyl groups is 1. The van der Waals surface area contributed by atoms with Crippen LogP contribution in [0.2, 0.25) is 0 Å². The Morgan fingerprint density at radius 1 is 0.984 bits per heavy atom. The second-order valence-electron chi connectivity index (χ2n) is 18.7. The number of H-pyrrole nitrogens is 1. The molecular weight excluding hydrogens is 793 g/mol. The van der Waals surface area contributed by atoms with Crippen molar-refractivity contribution in [2.75, 3.05) is 66.0 Å². The van der Waals surface area contributed by atoms with Gasteiger partial charge in [-0.25, -0.2) is 9.59 Å². The minimum absolute atomic E-state index is 0.125. The van der Waals surface area contributed by atoms with Crippen LogP contribution in [0.15, 0.2) is 48.6 Å². The number of carbonyl (C=O) groups excluding carboxylic acids is 4. The van der Waals surface area contributed by atoms with Gasteiger partial charge in [-0.3, -0.25) is 14.5 Å². The molecule has 6 aliphatic rings. The van der Waals surface area contributed by atoms with Crippen LogP contribution in [0.4, 0.5) is 10.5 Å². The zero-order valence-electron chi connectivity index (χ0n) is 36.8. The standard InChI is InChI=1S/C47H60N6O9/c1-8-43(50-42(48)57)23-28-24-46(40(55)60-6,36-30(15-19-52(25-28)26-43)29-13-10-11-14-33(29)49-36)32-21-31-34(22-35(32)59-5)51(4)38-45(31)17-20-53-18-12-16-44(9-2,37(45)53)39(62-27(3)54)47(38,58)41(56)61-7/h10-14,16,21-22,28,37-39,49,58H,8-9,15,17-20,23-26H2,1-7H3,(H3,48,50,57)/t28-,37-,38+,39+,43+,44+,45+,46-,47-/m0/s1. The van der Waals surface area contributed by atoms with Crippen LogP contribution in [0.25, 0.3) is 10.9 Å². The van der Waals surface area contributed by atoms with Crippen molar-refractivity contribution >= 4 is 40.5 Å². The highest BCUT2D eigenvalue weighted by molar-refractivity contribution is 5.95. The SMILES string of the molecule is CC[C@@]1(NC(N)=O)C[C@@H]2CN(CCc3c([nH]c4ccccc34)[C@@](C(=O)OC)(c3cc4c(cc3OC)N(C)[C@H]3[C@@](O)(C(=O)OC)[C@H](OC(C)=O)[C@]5(CC)C=CCN6CC[C@]43[C@@H]65)C2)C1. The lowest BCUT2D eigenvalue weighted by Gasteiger charge is -2.63. The second kappa shape index (κ2) is 14.7. The van der Waals surface area contributed by atoms with Gasteiger partial charge in [0.25, 0.3) is 0 Å². The highest BCUT2D eigenvalue weighted by Crippen LogP contribution is 2.68. The fourth-order valence-corrected chi connectivity index (χ4v) is 14.0. The topological polar surface area (TPSA) is 189 Å². The molecule has 2 aromatic carbocycles. The number of hydrogen-bond donors (Lipinski definition) is 4. The number of rotatable bonds is 8. The van der Waals surface area contributed by atoms with Gasteiger partial charge in [-0.05, 0) is 74.2 Å². The van der Waals surface area contributed by atoms with E-state index < -0.39 is 63.5 Å². The lowest BCUT2D eigenvalue weighted by atomic mass is 9.47. The number of piperidine rings is 1. The first-order chi connectivity index (χ1) is 29.6. The number of aromatic nitrogens is 1. The number of nitrogens with zero attached hydrogens (tertiary/aromatic N) is 3. The van der Waals surface area contributed by atoms with Crippen molar-refractivity contribution in [3.05, 3.63) is 70.9 Å². The van der Waals surface area contributed by atoms with Crippen molar-refractivity contribution < 1.29 is 43.2 Å². The third kappa shape index (κ3) is 5.52. The van der Waals surface area contributed by atoms with Crippen molar-refractivity contribution in [2.45, 2.75) is 99.5 Å². The summed E-state index contributed by atoms with van der Waals surface area (Å²) in [6.07, 6.45) is 5.93. The van der Waals surface area contributed by atoms with Crippen LogP contribution in [0.1, 0.15) is 75.3 Å². The Labute approximate surface area is 362 Å². The predicted molar refractivity (Wildman–Crippen MR) is 231 cm³/mol. The average Bonchev–Trinajstić information content (AvgIpc) is 3.92. The number of ether oxygens (including phenoxy) is 4. The molecule has 1 aromatic heterocycles. The number of amides is 2. The van der Waals surface area contributed by atoms with E-state index in [4.69, 9.17) is 24.7 Å². The van der Waals surface area contributed by atoms with Gasteiger partial charge >= 0.3 is 23.9 Å². The number of methoxy groups -OCH3 is 3. The summed E-state index contributed by atoms with van der Waals surface area (Å²) >= 11 is 0. The number of fused-ring (bicyclic) bond motifs is 6. The van der Waals surface area contributed by atoms with Crippen molar-refractivity contribution in [3.63, 3.8) is 0 Å². The number of hydrogen-bond acceptors (Lipinski definition) is 12. The Morgan fingerprint density at radius 2 is 1.74 bits per heavy atom. The summed E-state index contributed by atoms with van der Waals surface area (Å²) in [6.45, 7) is 8.62. The number of benzene rings is 2.